The van der Waals surface area contributed by atoms with E-state index in [4.69, 9.17) is 32.7 Å². The van der Waals surface area contributed by atoms with Crippen LogP contribution in [0.3, 0.4) is 0 Å². The Morgan fingerprint density at radius 3 is 2.59 bits per heavy atom. The van der Waals surface area contributed by atoms with E-state index in [9.17, 15) is 0 Å². The second-order valence-corrected chi connectivity index (χ2v) is 7.69. The Balaban J connectivity index is 1.64. The van der Waals surface area contributed by atoms with E-state index < -0.39 is 0 Å². The van der Waals surface area contributed by atoms with Crippen molar-refractivity contribution in [1.29, 1.82) is 0 Å². The van der Waals surface area contributed by atoms with Crippen LogP contribution in [0.2, 0.25) is 10.0 Å². The topological polar surface area (TPSA) is 49.2 Å². The summed E-state index contributed by atoms with van der Waals surface area (Å²) in [7, 11) is 3.55. The number of hydrogen-bond acceptors (Lipinski definition) is 5. The van der Waals surface area contributed by atoms with Crippen LogP contribution in [0.15, 0.2) is 41.6 Å². The normalized spacial score (nSPS) is 10.9. The standard InChI is InChI=1S/C19H19Cl2N3O2S/c1-12-4-7-16(17(8-12)25-3)26-10-18-22-23-19(24(18)2)27-11-13-5-6-14(20)15(21)9-13/h4-9H,10-11H2,1-3H3. The van der Waals surface area contributed by atoms with Crippen molar-refractivity contribution in [3.8, 4) is 11.5 Å². The predicted molar refractivity (Wildman–Crippen MR) is 109 cm³/mol. The maximum absolute atomic E-state index is 6.06. The molecule has 0 bridgehead atoms. The number of ether oxygens (including phenoxy) is 2. The molecule has 0 saturated heterocycles. The third kappa shape index (κ3) is 4.89. The van der Waals surface area contributed by atoms with Gasteiger partial charge in [0.2, 0.25) is 0 Å². The van der Waals surface area contributed by atoms with Gasteiger partial charge in [-0.05, 0) is 42.3 Å². The third-order valence-corrected chi connectivity index (χ3v) is 5.78. The van der Waals surface area contributed by atoms with Crippen LogP contribution in [0, 0.1) is 6.92 Å². The Hall–Kier alpha value is -1.89. The van der Waals surface area contributed by atoms with E-state index in [-0.39, 0.29) is 0 Å². The fraction of sp³-hybridized carbons (Fsp3) is 0.263. The minimum atomic E-state index is 0.302. The van der Waals surface area contributed by atoms with Crippen molar-refractivity contribution in [2.24, 2.45) is 7.05 Å². The first-order chi connectivity index (χ1) is 13.0. The Morgan fingerprint density at radius 1 is 1.04 bits per heavy atom. The van der Waals surface area contributed by atoms with E-state index in [0.29, 0.717) is 28.2 Å². The van der Waals surface area contributed by atoms with E-state index in [1.165, 1.54) is 0 Å². The maximum Gasteiger partial charge on any atom is 0.191 e. The molecule has 1 aromatic heterocycles. The molecule has 5 nitrogen and oxygen atoms in total. The second kappa shape index (κ2) is 8.87. The van der Waals surface area contributed by atoms with E-state index in [1.807, 2.05) is 48.9 Å². The molecule has 0 amide bonds. The molecular formula is C19H19Cl2N3O2S. The number of benzene rings is 2. The summed E-state index contributed by atoms with van der Waals surface area (Å²) in [5.74, 6) is 2.83. The number of aryl methyl sites for hydroxylation is 1. The summed E-state index contributed by atoms with van der Waals surface area (Å²) in [4.78, 5) is 0. The maximum atomic E-state index is 6.06. The molecule has 142 valence electrons. The highest BCUT2D eigenvalue weighted by molar-refractivity contribution is 7.98. The largest absolute Gasteiger partial charge is 0.493 e. The van der Waals surface area contributed by atoms with Crippen molar-refractivity contribution in [2.45, 2.75) is 24.4 Å². The van der Waals surface area contributed by atoms with Crippen LogP contribution in [0.5, 0.6) is 11.5 Å². The highest BCUT2D eigenvalue weighted by Crippen LogP contribution is 2.29. The summed E-state index contributed by atoms with van der Waals surface area (Å²) >= 11 is 13.6. The molecule has 0 aliphatic heterocycles. The fourth-order valence-electron chi connectivity index (χ4n) is 2.41. The Kier molecular flexibility index (Phi) is 6.52. The Morgan fingerprint density at radius 2 is 1.85 bits per heavy atom. The summed E-state index contributed by atoms with van der Waals surface area (Å²) in [5, 5.41) is 10.4. The van der Waals surface area contributed by atoms with Crippen LogP contribution in [0.1, 0.15) is 17.0 Å². The number of methoxy groups -OCH3 is 1. The summed E-state index contributed by atoms with van der Waals surface area (Å²) < 4.78 is 13.1. The number of halogens is 2. The van der Waals surface area contributed by atoms with Gasteiger partial charge in [0, 0.05) is 12.8 Å². The molecule has 8 heteroatoms. The molecule has 2 aromatic carbocycles. The quantitative estimate of drug-likeness (QED) is 0.481. The van der Waals surface area contributed by atoms with Crippen LogP contribution in [-0.4, -0.2) is 21.9 Å². The van der Waals surface area contributed by atoms with Gasteiger partial charge < -0.3 is 14.0 Å². The van der Waals surface area contributed by atoms with Crippen LogP contribution in [0.25, 0.3) is 0 Å². The van der Waals surface area contributed by atoms with E-state index >= 15 is 0 Å². The zero-order valence-corrected chi connectivity index (χ0v) is 17.5. The molecule has 3 rings (SSSR count). The molecule has 0 atom stereocenters. The van der Waals surface area contributed by atoms with Crippen LogP contribution in [0.4, 0.5) is 0 Å². The molecule has 27 heavy (non-hydrogen) atoms. The average molecular weight is 424 g/mol. The number of rotatable bonds is 7. The number of thioether (sulfide) groups is 1. The third-order valence-electron chi connectivity index (χ3n) is 3.95. The van der Waals surface area contributed by atoms with Gasteiger partial charge in [0.05, 0.1) is 17.2 Å². The van der Waals surface area contributed by atoms with Crippen LogP contribution in [-0.2, 0) is 19.4 Å². The summed E-state index contributed by atoms with van der Waals surface area (Å²) in [6.07, 6.45) is 0. The lowest BCUT2D eigenvalue weighted by Gasteiger charge is -2.11. The summed E-state index contributed by atoms with van der Waals surface area (Å²) in [6, 6.07) is 11.4. The number of aromatic nitrogens is 3. The van der Waals surface area contributed by atoms with Crippen LogP contribution < -0.4 is 9.47 Å². The fourth-order valence-corrected chi connectivity index (χ4v) is 3.60. The summed E-state index contributed by atoms with van der Waals surface area (Å²) in [6.45, 7) is 2.31. The van der Waals surface area contributed by atoms with Gasteiger partial charge in [-0.2, -0.15) is 0 Å². The Labute approximate surface area is 172 Å². The van der Waals surface area contributed by atoms with Crippen molar-refractivity contribution in [3.05, 3.63) is 63.4 Å². The van der Waals surface area contributed by atoms with Gasteiger partial charge in [-0.3, -0.25) is 0 Å². The molecule has 0 aliphatic carbocycles. The zero-order chi connectivity index (χ0) is 19.4. The lowest BCUT2D eigenvalue weighted by Crippen LogP contribution is -2.05. The van der Waals surface area contributed by atoms with Gasteiger partial charge >= 0.3 is 0 Å². The molecular weight excluding hydrogens is 405 g/mol. The minimum absolute atomic E-state index is 0.302. The second-order valence-electron chi connectivity index (χ2n) is 5.94. The van der Waals surface area contributed by atoms with E-state index in [0.717, 1.165) is 27.9 Å². The molecule has 0 spiro atoms. The number of nitrogens with zero attached hydrogens (tertiary/aromatic N) is 3. The Bertz CT molecular complexity index is 947. The van der Waals surface area contributed by atoms with Crippen molar-refractivity contribution in [3.63, 3.8) is 0 Å². The van der Waals surface area contributed by atoms with Crippen molar-refractivity contribution in [1.82, 2.24) is 14.8 Å². The molecule has 0 N–H and O–H groups in total. The first-order valence-electron chi connectivity index (χ1n) is 8.20. The van der Waals surface area contributed by atoms with E-state index in [1.54, 1.807) is 24.9 Å². The van der Waals surface area contributed by atoms with Crippen molar-refractivity contribution in [2.75, 3.05) is 7.11 Å². The molecule has 0 unspecified atom stereocenters. The lowest BCUT2D eigenvalue weighted by atomic mass is 10.2. The van der Waals surface area contributed by atoms with Gasteiger partial charge in [0.25, 0.3) is 0 Å². The molecule has 0 radical (unpaired) electrons. The first-order valence-corrected chi connectivity index (χ1v) is 9.94. The van der Waals surface area contributed by atoms with Gasteiger partial charge in [-0.25, -0.2) is 0 Å². The molecule has 0 fully saturated rings. The van der Waals surface area contributed by atoms with Gasteiger partial charge in [0.1, 0.15) is 6.61 Å². The predicted octanol–water partition coefficient (Wildman–Crippen LogP) is 5.31. The SMILES string of the molecule is COc1cc(C)ccc1OCc1nnc(SCc2ccc(Cl)c(Cl)c2)n1C. The van der Waals surface area contributed by atoms with Crippen molar-refractivity contribution < 1.29 is 9.47 Å². The van der Waals surface area contributed by atoms with Gasteiger partial charge in [-0.15, -0.1) is 10.2 Å². The summed E-state index contributed by atoms with van der Waals surface area (Å²) in [5.41, 5.74) is 2.18. The molecule has 0 aliphatic rings. The van der Waals surface area contributed by atoms with Crippen molar-refractivity contribution >= 4 is 35.0 Å². The minimum Gasteiger partial charge on any atom is -0.493 e. The van der Waals surface area contributed by atoms with Gasteiger partial charge in [0.15, 0.2) is 22.5 Å². The molecule has 1 heterocycles. The number of hydrogen-bond donors (Lipinski definition) is 0. The highest BCUT2D eigenvalue weighted by atomic mass is 35.5. The molecule has 3 aromatic rings. The lowest BCUT2D eigenvalue weighted by molar-refractivity contribution is 0.272. The molecule has 0 saturated carbocycles. The van der Waals surface area contributed by atoms with E-state index in [2.05, 4.69) is 10.2 Å². The highest BCUT2D eigenvalue weighted by Gasteiger charge is 2.12. The van der Waals surface area contributed by atoms with Gasteiger partial charge in [-0.1, -0.05) is 47.1 Å². The zero-order valence-electron chi connectivity index (χ0n) is 15.2. The monoisotopic (exact) mass is 423 g/mol. The average Bonchev–Trinajstić information content (AvgIpc) is 3.01. The van der Waals surface area contributed by atoms with Crippen LogP contribution >= 0.6 is 35.0 Å². The first kappa shape index (κ1) is 19.9. The smallest absolute Gasteiger partial charge is 0.191 e.